The van der Waals surface area contributed by atoms with E-state index in [9.17, 15) is 0 Å². The maximum absolute atomic E-state index is 4.86. The second-order valence-electron chi connectivity index (χ2n) is 6.10. The Bertz CT molecular complexity index is 357. The number of hydrogen-bond acceptors (Lipinski definition) is 1. The zero-order valence-corrected chi connectivity index (χ0v) is 12.8. The lowest BCUT2D eigenvalue weighted by molar-refractivity contribution is 0.467. The second kappa shape index (κ2) is 9.74. The van der Waals surface area contributed by atoms with E-state index < -0.39 is 0 Å². The fraction of sp³-hybridized carbons (Fsp3) is 0.632. The molecule has 0 radical (unpaired) electrons. The van der Waals surface area contributed by atoms with E-state index in [1.807, 2.05) is 0 Å². The molecule has 0 N–H and O–H groups in total. The molecule has 0 bridgehead atoms. The number of benzene rings is 1. The van der Waals surface area contributed by atoms with Gasteiger partial charge in [-0.2, -0.15) is 0 Å². The summed E-state index contributed by atoms with van der Waals surface area (Å²) in [5.41, 5.74) is 1.23. The van der Waals surface area contributed by atoms with Crippen molar-refractivity contribution in [1.82, 2.24) is 0 Å². The molecule has 0 spiro atoms. The molecule has 1 aliphatic rings. The summed E-state index contributed by atoms with van der Waals surface area (Å²) < 4.78 is 0. The molecule has 1 fully saturated rings. The van der Waals surface area contributed by atoms with Crippen LogP contribution in [0.2, 0.25) is 0 Å². The van der Waals surface area contributed by atoms with Crippen LogP contribution in [0.5, 0.6) is 0 Å². The van der Waals surface area contributed by atoms with Gasteiger partial charge in [-0.3, -0.25) is 4.99 Å². The first-order chi connectivity index (χ1) is 9.95. The molecule has 0 heterocycles. The number of rotatable bonds is 2. The van der Waals surface area contributed by atoms with Gasteiger partial charge < -0.3 is 0 Å². The van der Waals surface area contributed by atoms with Crippen LogP contribution in [0.25, 0.3) is 0 Å². The van der Waals surface area contributed by atoms with E-state index in [-0.39, 0.29) is 0 Å². The smallest absolute Gasteiger partial charge is 0.0499 e. The molecule has 110 valence electrons. The molecule has 1 saturated carbocycles. The quantitative estimate of drug-likeness (QED) is 0.605. The normalized spacial score (nSPS) is 20.4. The van der Waals surface area contributed by atoms with Gasteiger partial charge in [-0.15, -0.1) is 0 Å². The van der Waals surface area contributed by atoms with Gasteiger partial charge in [0.15, 0.2) is 0 Å². The van der Waals surface area contributed by atoms with Gasteiger partial charge in [0.25, 0.3) is 0 Å². The van der Waals surface area contributed by atoms with Crippen LogP contribution in [0, 0.1) is 0 Å². The summed E-state index contributed by atoms with van der Waals surface area (Å²) in [6.07, 6.45) is 17.3. The predicted molar refractivity (Wildman–Crippen MR) is 88.6 cm³/mol. The zero-order valence-electron chi connectivity index (χ0n) is 12.8. The Morgan fingerprint density at radius 1 is 0.700 bits per heavy atom. The van der Waals surface area contributed by atoms with Crippen LogP contribution in [-0.2, 0) is 0 Å². The third-order valence-electron chi connectivity index (χ3n) is 4.31. The summed E-state index contributed by atoms with van der Waals surface area (Å²) in [6.45, 7) is 0. The number of hydrogen-bond donors (Lipinski definition) is 0. The predicted octanol–water partition coefficient (Wildman–Crippen LogP) is 5.78. The highest BCUT2D eigenvalue weighted by Crippen LogP contribution is 2.18. The summed E-state index contributed by atoms with van der Waals surface area (Å²) in [5.74, 6) is 0. The van der Waals surface area contributed by atoms with Crippen molar-refractivity contribution in [3.05, 3.63) is 35.9 Å². The first-order valence-corrected chi connectivity index (χ1v) is 8.53. The molecular weight excluding hydrogens is 242 g/mol. The maximum Gasteiger partial charge on any atom is 0.0499 e. The van der Waals surface area contributed by atoms with E-state index in [1.54, 1.807) is 0 Å². The van der Waals surface area contributed by atoms with Crippen molar-refractivity contribution >= 4 is 6.21 Å². The van der Waals surface area contributed by atoms with Gasteiger partial charge in [0.2, 0.25) is 0 Å². The number of aliphatic imine (C=N–C) groups is 1. The van der Waals surface area contributed by atoms with Crippen molar-refractivity contribution in [3.8, 4) is 0 Å². The molecule has 1 aromatic rings. The zero-order chi connectivity index (χ0) is 13.9. The molecule has 0 saturated heterocycles. The number of nitrogens with zero attached hydrogens (tertiary/aromatic N) is 1. The van der Waals surface area contributed by atoms with Gasteiger partial charge in [0.05, 0.1) is 0 Å². The van der Waals surface area contributed by atoms with Crippen molar-refractivity contribution in [3.63, 3.8) is 0 Å². The molecule has 20 heavy (non-hydrogen) atoms. The molecule has 0 unspecified atom stereocenters. The highest BCUT2D eigenvalue weighted by Gasteiger charge is 2.07. The minimum absolute atomic E-state index is 0.551. The summed E-state index contributed by atoms with van der Waals surface area (Å²) in [5, 5.41) is 0. The van der Waals surface area contributed by atoms with Crippen molar-refractivity contribution in [2.75, 3.05) is 0 Å². The summed E-state index contributed by atoms with van der Waals surface area (Å²) in [4.78, 5) is 4.86. The fourth-order valence-electron chi connectivity index (χ4n) is 3.02. The van der Waals surface area contributed by atoms with Crippen LogP contribution in [-0.4, -0.2) is 12.3 Å². The Balaban J connectivity index is 1.84. The molecule has 1 heteroatoms. The molecule has 1 aromatic carbocycles. The molecular formula is C19H29N. The van der Waals surface area contributed by atoms with Gasteiger partial charge in [0.1, 0.15) is 0 Å². The summed E-state index contributed by atoms with van der Waals surface area (Å²) in [6, 6.07) is 11.1. The van der Waals surface area contributed by atoms with Crippen LogP contribution in [0.4, 0.5) is 0 Å². The van der Waals surface area contributed by atoms with Gasteiger partial charge in [-0.05, 0) is 18.4 Å². The van der Waals surface area contributed by atoms with Crippen LogP contribution < -0.4 is 0 Å². The largest absolute Gasteiger partial charge is 0.289 e. The standard InChI is InChI=1S/C19H29N/c1-2-4-6-11-15-19(16-12-7-5-3-1)20-17-18-13-9-8-10-14-18/h8-10,13-14,17,19H,1-7,11-12,15-16H2. The molecule has 0 aromatic heterocycles. The lowest BCUT2D eigenvalue weighted by atomic mass is 9.98. The Morgan fingerprint density at radius 2 is 1.20 bits per heavy atom. The topological polar surface area (TPSA) is 12.4 Å². The van der Waals surface area contributed by atoms with E-state index in [1.165, 1.54) is 76.2 Å². The lowest BCUT2D eigenvalue weighted by Crippen LogP contribution is -2.06. The van der Waals surface area contributed by atoms with Crippen molar-refractivity contribution in [2.24, 2.45) is 4.99 Å². The maximum atomic E-state index is 4.86. The summed E-state index contributed by atoms with van der Waals surface area (Å²) >= 11 is 0. The second-order valence-corrected chi connectivity index (χ2v) is 6.10. The van der Waals surface area contributed by atoms with Gasteiger partial charge in [0, 0.05) is 12.3 Å². The average molecular weight is 271 g/mol. The van der Waals surface area contributed by atoms with Gasteiger partial charge in [-0.25, -0.2) is 0 Å². The SMILES string of the molecule is C(=NC1CCCCCCCCCCC1)c1ccccc1. The first kappa shape index (κ1) is 15.3. The average Bonchev–Trinajstić information content (AvgIpc) is 2.48. The summed E-state index contributed by atoms with van der Waals surface area (Å²) in [7, 11) is 0. The van der Waals surface area contributed by atoms with Crippen LogP contribution in [0.1, 0.15) is 76.2 Å². The minimum Gasteiger partial charge on any atom is -0.289 e. The monoisotopic (exact) mass is 271 g/mol. The Morgan fingerprint density at radius 3 is 1.75 bits per heavy atom. The van der Waals surface area contributed by atoms with Gasteiger partial charge >= 0.3 is 0 Å². The first-order valence-electron chi connectivity index (χ1n) is 8.53. The minimum atomic E-state index is 0.551. The fourth-order valence-corrected chi connectivity index (χ4v) is 3.02. The Labute approximate surface area is 124 Å². The molecule has 2 rings (SSSR count). The molecule has 0 aliphatic heterocycles. The van der Waals surface area contributed by atoms with Crippen LogP contribution in [0.3, 0.4) is 0 Å². The van der Waals surface area contributed by atoms with Crippen molar-refractivity contribution in [2.45, 2.75) is 76.7 Å². The Kier molecular flexibility index (Phi) is 7.44. The van der Waals surface area contributed by atoms with Crippen LogP contribution >= 0.6 is 0 Å². The highest BCUT2D eigenvalue weighted by molar-refractivity contribution is 5.79. The highest BCUT2D eigenvalue weighted by atomic mass is 14.8. The van der Waals surface area contributed by atoms with E-state index in [0.29, 0.717) is 6.04 Å². The van der Waals surface area contributed by atoms with Crippen molar-refractivity contribution < 1.29 is 0 Å². The van der Waals surface area contributed by atoms with Gasteiger partial charge in [-0.1, -0.05) is 88.1 Å². The van der Waals surface area contributed by atoms with E-state index >= 15 is 0 Å². The molecule has 0 atom stereocenters. The molecule has 1 nitrogen and oxygen atoms in total. The third-order valence-corrected chi connectivity index (χ3v) is 4.31. The molecule has 0 amide bonds. The van der Waals surface area contributed by atoms with E-state index in [2.05, 4.69) is 36.5 Å². The van der Waals surface area contributed by atoms with E-state index in [0.717, 1.165) is 0 Å². The molecule has 1 aliphatic carbocycles. The third kappa shape index (κ3) is 6.36. The van der Waals surface area contributed by atoms with E-state index in [4.69, 9.17) is 4.99 Å². The van der Waals surface area contributed by atoms with Crippen molar-refractivity contribution in [1.29, 1.82) is 0 Å². The Hall–Kier alpha value is -1.11. The van der Waals surface area contributed by atoms with Crippen LogP contribution in [0.15, 0.2) is 35.3 Å². The lowest BCUT2D eigenvalue weighted by Gasteiger charge is -2.13.